The van der Waals surface area contributed by atoms with E-state index in [4.69, 9.17) is 42.6 Å². The third-order valence-corrected chi connectivity index (χ3v) is 5.54. The molecule has 11 heteroatoms. The molecule has 0 atom stereocenters. The van der Waals surface area contributed by atoms with Crippen molar-refractivity contribution in [1.82, 2.24) is 0 Å². The van der Waals surface area contributed by atoms with Crippen LogP contribution in [-0.2, 0) is 0 Å². The van der Waals surface area contributed by atoms with Crippen LogP contribution >= 0.6 is 0 Å². The van der Waals surface area contributed by atoms with Gasteiger partial charge in [-0.3, -0.25) is 0 Å². The molecule has 0 aliphatic heterocycles. The van der Waals surface area contributed by atoms with E-state index in [-0.39, 0.29) is 118 Å². The SMILES string of the molecule is CC(C)Oc1c(O)c(OC(C)C)c(OC(C)C)c(Oc2c(OC(C)C)c(OC(C)C)c(O)c(OC(C)C)c2OC(C)C)c1OC(C)C. The molecule has 0 spiro atoms. The third kappa shape index (κ3) is 10.6. The van der Waals surface area contributed by atoms with E-state index in [2.05, 4.69) is 0 Å². The van der Waals surface area contributed by atoms with Crippen LogP contribution < -0.4 is 42.6 Å². The van der Waals surface area contributed by atoms with E-state index in [1.165, 1.54) is 0 Å². The minimum absolute atomic E-state index is 0.00389. The van der Waals surface area contributed by atoms with Crippen LogP contribution in [0, 0.1) is 0 Å². The lowest BCUT2D eigenvalue weighted by molar-refractivity contribution is 0.151. The van der Waals surface area contributed by atoms with Gasteiger partial charge in [-0.2, -0.15) is 0 Å². The van der Waals surface area contributed by atoms with Crippen LogP contribution in [0.5, 0.6) is 69.0 Å². The predicted octanol–water partition coefficient (Wildman–Crippen LogP) is 9.19. The minimum atomic E-state index is -0.382. The van der Waals surface area contributed by atoms with Gasteiger partial charge in [0.15, 0.2) is 0 Å². The smallest absolute Gasteiger partial charge is 0.219 e. The Hall–Kier alpha value is -3.76. The molecule has 0 aliphatic carbocycles. The summed E-state index contributed by atoms with van der Waals surface area (Å²) >= 11 is 0. The molecule has 2 aromatic carbocycles. The van der Waals surface area contributed by atoms with Crippen molar-refractivity contribution < 1.29 is 52.8 Å². The second-order valence-electron chi connectivity index (χ2n) is 13.4. The zero-order valence-corrected chi connectivity index (χ0v) is 31.2. The van der Waals surface area contributed by atoms with Gasteiger partial charge in [0, 0.05) is 0 Å². The Kier molecular flexibility index (Phi) is 14.2. The molecule has 11 nitrogen and oxygen atoms in total. The highest BCUT2D eigenvalue weighted by Crippen LogP contribution is 2.64. The zero-order valence-electron chi connectivity index (χ0n) is 31.2. The van der Waals surface area contributed by atoms with E-state index in [0.29, 0.717) is 0 Å². The summed E-state index contributed by atoms with van der Waals surface area (Å²) in [7, 11) is 0. The third-order valence-electron chi connectivity index (χ3n) is 5.54. The number of phenols is 2. The van der Waals surface area contributed by atoms with E-state index in [0.717, 1.165) is 0 Å². The quantitative estimate of drug-likeness (QED) is 0.158. The summed E-state index contributed by atoms with van der Waals surface area (Å²) in [4.78, 5) is 0. The lowest BCUT2D eigenvalue weighted by Crippen LogP contribution is -2.18. The second kappa shape index (κ2) is 16.9. The Labute approximate surface area is 281 Å². The van der Waals surface area contributed by atoms with Crippen LogP contribution in [0.15, 0.2) is 0 Å². The van der Waals surface area contributed by atoms with Gasteiger partial charge in [-0.15, -0.1) is 0 Å². The fraction of sp³-hybridized carbons (Fsp3) is 0.667. The lowest BCUT2D eigenvalue weighted by Gasteiger charge is -2.29. The van der Waals surface area contributed by atoms with E-state index < -0.39 is 0 Å². The van der Waals surface area contributed by atoms with Gasteiger partial charge in [0.1, 0.15) is 0 Å². The molecule has 0 aliphatic rings. The van der Waals surface area contributed by atoms with Crippen LogP contribution in [0.25, 0.3) is 0 Å². The number of aromatic hydroxyl groups is 2. The first kappa shape index (κ1) is 39.4. The average molecular weight is 667 g/mol. The van der Waals surface area contributed by atoms with Gasteiger partial charge in [-0.1, -0.05) is 0 Å². The summed E-state index contributed by atoms with van der Waals surface area (Å²) in [6.07, 6.45) is -2.98. The van der Waals surface area contributed by atoms with Crippen LogP contribution in [-0.4, -0.2) is 59.0 Å². The Bertz CT molecular complexity index is 1120. The largest absolute Gasteiger partial charge is 0.501 e. The maximum Gasteiger partial charge on any atom is 0.219 e. The van der Waals surface area contributed by atoms with Crippen molar-refractivity contribution in [3.8, 4) is 69.0 Å². The summed E-state index contributed by atoms with van der Waals surface area (Å²) in [5.41, 5.74) is 0. The zero-order chi connectivity index (χ0) is 35.9. The van der Waals surface area contributed by atoms with Crippen molar-refractivity contribution in [2.75, 3.05) is 0 Å². The Morgan fingerprint density at radius 1 is 0.255 bits per heavy atom. The molecule has 2 N–H and O–H groups in total. The molecular formula is C36H58O11. The number of ether oxygens (including phenoxy) is 9. The molecule has 0 saturated carbocycles. The molecule has 0 aromatic heterocycles. The number of hydrogen-bond acceptors (Lipinski definition) is 11. The first-order chi connectivity index (χ1) is 21.7. The minimum Gasteiger partial charge on any atom is -0.501 e. The monoisotopic (exact) mass is 666 g/mol. The molecular weight excluding hydrogens is 608 g/mol. The van der Waals surface area contributed by atoms with E-state index in [1.807, 2.05) is 111 Å². The topological polar surface area (TPSA) is 124 Å². The molecule has 0 amide bonds. The number of phenolic OH excluding ortho intramolecular Hbond substituents is 2. The first-order valence-electron chi connectivity index (χ1n) is 16.6. The Balaban J connectivity index is 3.32. The molecule has 0 heterocycles. The summed E-state index contributed by atoms with van der Waals surface area (Å²) < 4.78 is 56.8. The summed E-state index contributed by atoms with van der Waals surface area (Å²) in [5.74, 6) is -0.287. The predicted molar refractivity (Wildman–Crippen MR) is 182 cm³/mol. The second-order valence-corrected chi connectivity index (χ2v) is 13.4. The van der Waals surface area contributed by atoms with Gasteiger partial charge < -0.3 is 52.8 Å². The van der Waals surface area contributed by atoms with Gasteiger partial charge in [0.25, 0.3) is 0 Å². The Morgan fingerprint density at radius 3 is 0.553 bits per heavy atom. The van der Waals surface area contributed by atoms with Gasteiger partial charge >= 0.3 is 0 Å². The maximum absolute atomic E-state index is 11.6. The van der Waals surface area contributed by atoms with E-state index in [9.17, 15) is 10.2 Å². The number of hydrogen-bond donors (Lipinski definition) is 2. The lowest BCUT2D eigenvalue weighted by atomic mass is 10.1. The highest BCUT2D eigenvalue weighted by molar-refractivity contribution is 5.77. The fourth-order valence-corrected chi connectivity index (χ4v) is 4.29. The average Bonchev–Trinajstić information content (AvgIpc) is 2.90. The standard InChI is InChI=1S/C36H58O11/c1-17(2)39-27-25(37)28(40-18(3)4)32(44-22(11)12)35(31(27)43-21(9)10)47-36-33(45-23(13)14)29(41-19(5)6)26(38)30(42-20(7)8)34(36)46-24(15)16/h17-24,37-38H,1-16H3. The fourth-order valence-electron chi connectivity index (χ4n) is 4.29. The molecule has 0 fully saturated rings. The maximum atomic E-state index is 11.6. The highest BCUT2D eigenvalue weighted by Gasteiger charge is 2.38. The van der Waals surface area contributed by atoms with Crippen molar-refractivity contribution in [2.45, 2.75) is 160 Å². The molecule has 2 rings (SSSR count). The first-order valence-corrected chi connectivity index (χ1v) is 16.6. The van der Waals surface area contributed by atoms with Gasteiger partial charge in [-0.25, -0.2) is 0 Å². The highest BCUT2D eigenvalue weighted by atomic mass is 16.6. The summed E-state index contributed by atoms with van der Waals surface area (Å²) in [5, 5.41) is 23.3. The van der Waals surface area contributed by atoms with Crippen molar-refractivity contribution in [3.05, 3.63) is 0 Å². The van der Waals surface area contributed by atoms with Crippen LogP contribution in [0.1, 0.15) is 111 Å². The number of benzene rings is 2. The van der Waals surface area contributed by atoms with Crippen molar-refractivity contribution in [1.29, 1.82) is 0 Å². The molecule has 0 saturated heterocycles. The van der Waals surface area contributed by atoms with Crippen LogP contribution in [0.2, 0.25) is 0 Å². The van der Waals surface area contributed by atoms with Gasteiger partial charge in [0.05, 0.1) is 48.8 Å². The van der Waals surface area contributed by atoms with Gasteiger partial charge in [-0.05, 0) is 111 Å². The number of rotatable bonds is 18. The molecule has 47 heavy (non-hydrogen) atoms. The van der Waals surface area contributed by atoms with Crippen LogP contribution in [0.4, 0.5) is 0 Å². The normalized spacial score (nSPS) is 11.8. The van der Waals surface area contributed by atoms with Crippen molar-refractivity contribution in [2.24, 2.45) is 0 Å². The Morgan fingerprint density at radius 2 is 0.404 bits per heavy atom. The molecule has 2 aromatic rings. The molecule has 0 bridgehead atoms. The van der Waals surface area contributed by atoms with E-state index in [1.54, 1.807) is 0 Å². The van der Waals surface area contributed by atoms with Gasteiger partial charge in [0.2, 0.25) is 69.0 Å². The van der Waals surface area contributed by atoms with Crippen molar-refractivity contribution in [3.63, 3.8) is 0 Å². The summed E-state index contributed by atoms with van der Waals surface area (Å²) in [6.45, 7) is 29.3. The van der Waals surface area contributed by atoms with Crippen molar-refractivity contribution >= 4 is 0 Å². The molecule has 0 unspecified atom stereocenters. The molecule has 0 radical (unpaired) electrons. The van der Waals surface area contributed by atoms with E-state index >= 15 is 0 Å². The van der Waals surface area contributed by atoms with Crippen LogP contribution in [0.3, 0.4) is 0 Å². The summed E-state index contributed by atoms with van der Waals surface area (Å²) in [6, 6.07) is 0. The molecule has 268 valence electrons.